The van der Waals surface area contributed by atoms with Crippen molar-refractivity contribution in [2.45, 2.75) is 0 Å². The summed E-state index contributed by atoms with van der Waals surface area (Å²) >= 11 is 0.575. The van der Waals surface area contributed by atoms with Crippen LogP contribution in [-0.2, 0) is 4.57 Å². The van der Waals surface area contributed by atoms with Crippen LogP contribution in [0.2, 0.25) is 0 Å². The molecular formula is C2H9NNaO3PS. The van der Waals surface area contributed by atoms with Gasteiger partial charge in [-0.05, 0) is 11.4 Å². The Labute approximate surface area is 81.3 Å². The Balaban J connectivity index is -0.000000245. The van der Waals surface area contributed by atoms with Crippen molar-refractivity contribution in [2.75, 3.05) is 12.3 Å². The van der Waals surface area contributed by atoms with E-state index < -0.39 is 6.80 Å². The third-order valence-corrected chi connectivity index (χ3v) is 2.69. The van der Waals surface area contributed by atoms with E-state index in [-0.39, 0.29) is 31.0 Å². The Bertz CT molecular complexity index is 111. The smallest absolute Gasteiger partial charge is 1.00 e. The molecule has 0 atom stereocenters. The average molecular weight is 181 g/mol. The number of nitrogens with two attached hydrogens (primary N) is 1. The molecular weight excluding hydrogens is 172 g/mol. The van der Waals surface area contributed by atoms with Gasteiger partial charge in [0, 0.05) is 12.3 Å². The van der Waals surface area contributed by atoms with Gasteiger partial charge in [-0.1, -0.05) is 0 Å². The van der Waals surface area contributed by atoms with Gasteiger partial charge in [-0.2, -0.15) is 0 Å². The second-order valence-corrected chi connectivity index (χ2v) is 4.96. The van der Waals surface area contributed by atoms with Gasteiger partial charge in [0.1, 0.15) is 0 Å². The molecule has 0 saturated carbocycles. The van der Waals surface area contributed by atoms with Crippen LogP contribution < -0.4 is 35.3 Å². The molecule has 0 saturated heterocycles. The quantitative estimate of drug-likeness (QED) is 0.317. The molecule has 0 aliphatic heterocycles. The minimum atomic E-state index is -3.85. The molecule has 4 nitrogen and oxygen atoms in total. The first-order chi connectivity index (χ1) is 3.56. The Morgan fingerprint density at radius 2 is 2.11 bits per heavy atom. The van der Waals surface area contributed by atoms with Gasteiger partial charge >= 0.3 is 36.4 Å². The van der Waals surface area contributed by atoms with Crippen molar-refractivity contribution in [1.82, 2.24) is 0 Å². The maximum absolute atomic E-state index is 9.99. The zero-order valence-electron chi connectivity index (χ0n) is 6.15. The van der Waals surface area contributed by atoms with Crippen LogP contribution in [0, 0.1) is 0 Å². The van der Waals surface area contributed by atoms with Crippen LogP contribution >= 0.6 is 18.2 Å². The summed E-state index contributed by atoms with van der Waals surface area (Å²) in [5.41, 5.74) is 4.97. The van der Waals surface area contributed by atoms with Crippen LogP contribution in [0.1, 0.15) is 1.43 Å². The molecule has 0 aromatic heterocycles. The van der Waals surface area contributed by atoms with Crippen molar-refractivity contribution >= 4 is 18.2 Å². The molecule has 0 aliphatic rings. The van der Waals surface area contributed by atoms with Crippen LogP contribution in [0.25, 0.3) is 0 Å². The topological polar surface area (TPSA) is 83.6 Å². The molecule has 0 spiro atoms. The van der Waals surface area contributed by atoms with Crippen LogP contribution in [-0.4, -0.2) is 22.1 Å². The van der Waals surface area contributed by atoms with E-state index >= 15 is 0 Å². The fraction of sp³-hybridized carbons (Fsp3) is 1.00. The van der Waals surface area contributed by atoms with Gasteiger partial charge in [-0.25, -0.2) is 4.57 Å². The van der Waals surface area contributed by atoms with Crippen molar-refractivity contribution in [3.05, 3.63) is 0 Å². The summed E-state index contributed by atoms with van der Waals surface area (Å²) in [7, 11) is 0. The Morgan fingerprint density at radius 3 is 2.22 bits per heavy atom. The summed E-state index contributed by atoms with van der Waals surface area (Å²) in [6.07, 6.45) is 0. The molecule has 0 heterocycles. The Hall–Kier alpha value is 1.46. The van der Waals surface area contributed by atoms with E-state index in [1.807, 2.05) is 0 Å². The minimum absolute atomic E-state index is 0. The summed E-state index contributed by atoms with van der Waals surface area (Å²) in [6.45, 7) is -3.54. The van der Waals surface area contributed by atoms with E-state index in [0.717, 1.165) is 0 Å². The maximum Gasteiger partial charge on any atom is 1.00 e. The van der Waals surface area contributed by atoms with E-state index in [1.54, 1.807) is 0 Å². The molecule has 0 aliphatic carbocycles. The number of rotatable bonds is 3. The predicted molar refractivity (Wildman–Crippen MR) is 34.7 cm³/mol. The van der Waals surface area contributed by atoms with Crippen molar-refractivity contribution in [3.8, 4) is 0 Å². The number of hydrogen-bond donors (Lipinski definition) is 3. The Kier molecular flexibility index (Phi) is 8.99. The van der Waals surface area contributed by atoms with Gasteiger partial charge in [-0.15, -0.1) is 0 Å². The van der Waals surface area contributed by atoms with E-state index in [9.17, 15) is 4.57 Å². The molecule has 0 aromatic rings. The zero-order valence-corrected chi connectivity index (χ0v) is 8.86. The third-order valence-electron chi connectivity index (χ3n) is 0.377. The van der Waals surface area contributed by atoms with Crippen LogP contribution in [0.15, 0.2) is 0 Å². The fourth-order valence-electron chi connectivity index (χ4n) is 0.172. The van der Waals surface area contributed by atoms with Gasteiger partial charge in [0.05, 0.1) is 0 Å². The van der Waals surface area contributed by atoms with Gasteiger partial charge in [0.2, 0.25) is 0 Å². The molecule has 52 valence electrons. The second kappa shape index (κ2) is 6.19. The molecule has 0 fully saturated rings. The first kappa shape index (κ1) is 13.1. The van der Waals surface area contributed by atoms with Crippen LogP contribution in [0.4, 0.5) is 0 Å². The van der Waals surface area contributed by atoms with Gasteiger partial charge < -0.3 is 16.9 Å². The average Bonchev–Trinajstić information content (AvgIpc) is 1.59. The summed E-state index contributed by atoms with van der Waals surface area (Å²) < 4.78 is 9.99. The van der Waals surface area contributed by atoms with Gasteiger partial charge in [0.15, 0.2) is 0 Å². The molecule has 7 heteroatoms. The molecule has 0 aromatic carbocycles. The standard InChI is InChI=1S/C2H8NO3PS.Na.H/c3-1-2-8-7(4,5)6;;/h1-3H2,(H2,4,5,6);;/q;+1;-1. The second-order valence-electron chi connectivity index (χ2n) is 1.11. The fourth-order valence-corrected chi connectivity index (χ4v) is 1.54. The van der Waals surface area contributed by atoms with Gasteiger partial charge in [-0.3, -0.25) is 0 Å². The van der Waals surface area contributed by atoms with Crippen molar-refractivity contribution < 1.29 is 45.3 Å². The monoisotopic (exact) mass is 181 g/mol. The largest absolute Gasteiger partial charge is 1.00 e. The molecule has 0 radical (unpaired) electrons. The first-order valence-corrected chi connectivity index (χ1v) is 5.17. The van der Waals surface area contributed by atoms with Crippen molar-refractivity contribution in [3.63, 3.8) is 0 Å². The summed E-state index contributed by atoms with van der Waals surface area (Å²) in [5.74, 6) is 0.310. The van der Waals surface area contributed by atoms with E-state index in [1.165, 1.54) is 0 Å². The maximum atomic E-state index is 9.99. The first-order valence-electron chi connectivity index (χ1n) is 1.96. The van der Waals surface area contributed by atoms with Crippen molar-refractivity contribution in [1.29, 1.82) is 0 Å². The van der Waals surface area contributed by atoms with E-state index in [4.69, 9.17) is 15.5 Å². The van der Waals surface area contributed by atoms with E-state index in [2.05, 4.69) is 0 Å². The normalized spacial score (nSPS) is 10.6. The van der Waals surface area contributed by atoms with Crippen molar-refractivity contribution in [2.24, 2.45) is 5.73 Å². The van der Waals surface area contributed by atoms with Crippen LogP contribution in [0.5, 0.6) is 0 Å². The summed E-state index contributed by atoms with van der Waals surface area (Å²) in [5, 5.41) is 0. The van der Waals surface area contributed by atoms with Crippen LogP contribution in [0.3, 0.4) is 0 Å². The molecule has 0 bridgehead atoms. The summed E-state index contributed by atoms with van der Waals surface area (Å²) in [6, 6.07) is 0. The molecule has 0 amide bonds. The van der Waals surface area contributed by atoms with Gasteiger partial charge in [0.25, 0.3) is 0 Å². The predicted octanol–water partition coefficient (Wildman–Crippen LogP) is -3.11. The SMILES string of the molecule is NCCSP(=O)(O)O.[H-].[Na+]. The van der Waals surface area contributed by atoms with E-state index in [0.29, 0.717) is 23.7 Å². The molecule has 0 rings (SSSR count). The molecule has 9 heavy (non-hydrogen) atoms. The molecule has 4 N–H and O–H groups in total. The molecule has 0 unspecified atom stereocenters. The third kappa shape index (κ3) is 12.6. The number of hydrogen-bond acceptors (Lipinski definition) is 3. The Morgan fingerprint density at radius 1 is 1.67 bits per heavy atom. The minimum Gasteiger partial charge on any atom is -1.00 e. The summed E-state index contributed by atoms with van der Waals surface area (Å²) in [4.78, 5) is 16.3. The zero-order chi connectivity index (χ0) is 6.62.